The van der Waals surface area contributed by atoms with Crippen molar-refractivity contribution in [3.63, 3.8) is 0 Å². The van der Waals surface area contributed by atoms with Crippen molar-refractivity contribution in [1.82, 2.24) is 10.2 Å². The van der Waals surface area contributed by atoms with Crippen LogP contribution in [0.15, 0.2) is 0 Å². The average molecular weight is 293 g/mol. The van der Waals surface area contributed by atoms with Crippen LogP contribution >= 0.6 is 0 Å². The molecule has 1 atom stereocenters. The number of hydrogen-bond donors (Lipinski definition) is 1. The summed E-state index contributed by atoms with van der Waals surface area (Å²) < 4.78 is 0. The highest BCUT2D eigenvalue weighted by Crippen LogP contribution is 2.38. The average Bonchev–Trinajstić information content (AvgIpc) is 2.95. The van der Waals surface area contributed by atoms with E-state index in [1.807, 2.05) is 0 Å². The Hall–Kier alpha value is -0.0800. The molecule has 0 aromatic rings. The summed E-state index contributed by atoms with van der Waals surface area (Å²) in [7, 11) is 0. The maximum Gasteiger partial charge on any atom is 0.0309 e. The Morgan fingerprint density at radius 2 is 1.76 bits per heavy atom. The molecular formula is C19H36N2. The Kier molecular flexibility index (Phi) is 4.95. The lowest BCUT2D eigenvalue weighted by Gasteiger charge is -2.52. The smallest absolute Gasteiger partial charge is 0.0309 e. The molecule has 0 radical (unpaired) electrons. The third-order valence-electron chi connectivity index (χ3n) is 6.79. The summed E-state index contributed by atoms with van der Waals surface area (Å²) in [4.78, 5) is 2.96. The molecule has 2 heteroatoms. The van der Waals surface area contributed by atoms with E-state index in [0.29, 0.717) is 5.54 Å². The van der Waals surface area contributed by atoms with Crippen molar-refractivity contribution in [1.29, 1.82) is 0 Å². The first kappa shape index (κ1) is 15.8. The van der Waals surface area contributed by atoms with Gasteiger partial charge in [-0.25, -0.2) is 0 Å². The van der Waals surface area contributed by atoms with Gasteiger partial charge in [0.25, 0.3) is 0 Å². The molecule has 3 rings (SSSR count). The Balaban J connectivity index is 1.69. The van der Waals surface area contributed by atoms with Crippen LogP contribution in [-0.2, 0) is 0 Å². The van der Waals surface area contributed by atoms with Crippen molar-refractivity contribution >= 4 is 0 Å². The zero-order chi connectivity index (χ0) is 14.9. The molecule has 1 N–H and O–H groups in total. The number of nitrogens with one attached hydrogen (secondary N) is 1. The standard InChI is InChI=1S/C19H36N2/c1-4-16-7-9-17(10-8-16)21-14-19(11-5-6-12-19)20-13-18(21)15(2)3/h15-18,20H,4-14H2,1-3H3. The van der Waals surface area contributed by atoms with Gasteiger partial charge in [-0.15, -0.1) is 0 Å². The normalized spacial score (nSPS) is 37.4. The molecule has 0 bridgehead atoms. The number of rotatable bonds is 3. The van der Waals surface area contributed by atoms with Crippen LogP contribution in [0.3, 0.4) is 0 Å². The minimum atomic E-state index is 0.479. The van der Waals surface area contributed by atoms with E-state index in [1.54, 1.807) is 0 Å². The van der Waals surface area contributed by atoms with Gasteiger partial charge >= 0.3 is 0 Å². The molecule has 0 amide bonds. The second-order valence-electron chi connectivity index (χ2n) is 8.43. The van der Waals surface area contributed by atoms with Gasteiger partial charge in [0, 0.05) is 30.7 Å². The molecule has 3 fully saturated rings. The summed E-state index contributed by atoms with van der Waals surface area (Å²) in [5.41, 5.74) is 0.479. The first-order valence-electron chi connectivity index (χ1n) is 9.64. The summed E-state index contributed by atoms with van der Waals surface area (Å²) in [5.74, 6) is 1.79. The highest BCUT2D eigenvalue weighted by Gasteiger charge is 2.44. The van der Waals surface area contributed by atoms with E-state index in [4.69, 9.17) is 0 Å². The predicted octanol–water partition coefficient (Wildman–Crippen LogP) is 4.20. The molecule has 1 aliphatic heterocycles. The Labute approximate surface area is 132 Å². The molecular weight excluding hydrogens is 256 g/mol. The highest BCUT2D eigenvalue weighted by molar-refractivity contribution is 5.03. The van der Waals surface area contributed by atoms with Crippen LogP contribution in [0.25, 0.3) is 0 Å². The number of hydrogen-bond acceptors (Lipinski definition) is 2. The van der Waals surface area contributed by atoms with Gasteiger partial charge < -0.3 is 5.32 Å². The Morgan fingerprint density at radius 3 is 2.33 bits per heavy atom. The van der Waals surface area contributed by atoms with Gasteiger partial charge in [-0.2, -0.15) is 0 Å². The van der Waals surface area contributed by atoms with Gasteiger partial charge in [0.1, 0.15) is 0 Å². The second kappa shape index (κ2) is 6.58. The molecule has 1 spiro atoms. The van der Waals surface area contributed by atoms with Crippen molar-refractivity contribution in [2.45, 2.75) is 96.2 Å². The van der Waals surface area contributed by atoms with Crippen molar-refractivity contribution in [3.05, 3.63) is 0 Å². The largest absolute Gasteiger partial charge is 0.308 e. The predicted molar refractivity (Wildman–Crippen MR) is 90.6 cm³/mol. The summed E-state index contributed by atoms with van der Waals surface area (Å²) in [6, 6.07) is 1.64. The third kappa shape index (κ3) is 3.32. The molecule has 0 aromatic heterocycles. The van der Waals surface area contributed by atoms with Crippen molar-refractivity contribution in [2.24, 2.45) is 11.8 Å². The zero-order valence-electron chi connectivity index (χ0n) is 14.5. The lowest BCUT2D eigenvalue weighted by molar-refractivity contribution is 0.00392. The van der Waals surface area contributed by atoms with E-state index >= 15 is 0 Å². The fourth-order valence-electron chi connectivity index (χ4n) is 5.25. The van der Waals surface area contributed by atoms with E-state index in [1.165, 1.54) is 70.9 Å². The minimum absolute atomic E-state index is 0.479. The summed E-state index contributed by atoms with van der Waals surface area (Å²) in [6.45, 7) is 9.77. The van der Waals surface area contributed by atoms with E-state index in [9.17, 15) is 0 Å². The number of piperazine rings is 1. The van der Waals surface area contributed by atoms with Gasteiger partial charge in [0.15, 0.2) is 0 Å². The zero-order valence-corrected chi connectivity index (χ0v) is 14.5. The molecule has 2 saturated carbocycles. The van der Waals surface area contributed by atoms with E-state index in [0.717, 1.165) is 23.9 Å². The van der Waals surface area contributed by atoms with E-state index < -0.39 is 0 Å². The van der Waals surface area contributed by atoms with E-state index in [2.05, 4.69) is 31.0 Å². The van der Waals surface area contributed by atoms with Crippen molar-refractivity contribution in [2.75, 3.05) is 13.1 Å². The molecule has 0 aromatic carbocycles. The molecule has 2 nitrogen and oxygen atoms in total. The molecule has 21 heavy (non-hydrogen) atoms. The van der Waals surface area contributed by atoms with Gasteiger partial charge in [-0.1, -0.05) is 40.0 Å². The van der Waals surface area contributed by atoms with Crippen LogP contribution < -0.4 is 5.32 Å². The molecule has 2 aliphatic carbocycles. The van der Waals surface area contributed by atoms with Crippen LogP contribution in [0.2, 0.25) is 0 Å². The lowest BCUT2D eigenvalue weighted by atomic mass is 9.80. The van der Waals surface area contributed by atoms with Crippen molar-refractivity contribution in [3.8, 4) is 0 Å². The minimum Gasteiger partial charge on any atom is -0.308 e. The van der Waals surface area contributed by atoms with Gasteiger partial charge in [0.2, 0.25) is 0 Å². The molecule has 1 unspecified atom stereocenters. The SMILES string of the molecule is CCC1CCC(N2CC3(CCCC3)NCC2C(C)C)CC1. The first-order valence-corrected chi connectivity index (χ1v) is 9.64. The van der Waals surface area contributed by atoms with Gasteiger partial charge in [0.05, 0.1) is 0 Å². The molecule has 1 saturated heterocycles. The Morgan fingerprint density at radius 1 is 1.10 bits per heavy atom. The fraction of sp³-hybridized carbons (Fsp3) is 1.00. The number of nitrogens with zero attached hydrogens (tertiary/aromatic N) is 1. The molecule has 1 heterocycles. The molecule has 122 valence electrons. The third-order valence-corrected chi connectivity index (χ3v) is 6.79. The van der Waals surface area contributed by atoms with E-state index in [-0.39, 0.29) is 0 Å². The first-order chi connectivity index (χ1) is 10.1. The van der Waals surface area contributed by atoms with Crippen molar-refractivity contribution < 1.29 is 0 Å². The summed E-state index contributed by atoms with van der Waals surface area (Å²) in [6.07, 6.45) is 13.0. The van der Waals surface area contributed by atoms with Crippen LogP contribution in [0.5, 0.6) is 0 Å². The Bertz CT molecular complexity index is 324. The van der Waals surface area contributed by atoms with Crippen LogP contribution in [0.1, 0.15) is 78.6 Å². The quantitative estimate of drug-likeness (QED) is 0.839. The second-order valence-corrected chi connectivity index (χ2v) is 8.43. The monoisotopic (exact) mass is 292 g/mol. The topological polar surface area (TPSA) is 15.3 Å². The van der Waals surface area contributed by atoms with Crippen LogP contribution in [0.4, 0.5) is 0 Å². The molecule has 3 aliphatic rings. The fourth-order valence-corrected chi connectivity index (χ4v) is 5.25. The summed E-state index contributed by atoms with van der Waals surface area (Å²) >= 11 is 0. The van der Waals surface area contributed by atoms with Gasteiger partial charge in [-0.05, 0) is 50.4 Å². The maximum absolute atomic E-state index is 3.97. The highest BCUT2D eigenvalue weighted by atomic mass is 15.3. The summed E-state index contributed by atoms with van der Waals surface area (Å²) in [5, 5.41) is 3.97. The maximum atomic E-state index is 3.97. The van der Waals surface area contributed by atoms with Crippen LogP contribution in [-0.4, -0.2) is 35.6 Å². The lowest BCUT2D eigenvalue weighted by Crippen LogP contribution is -2.66. The van der Waals surface area contributed by atoms with Crippen LogP contribution in [0, 0.1) is 11.8 Å². The van der Waals surface area contributed by atoms with Gasteiger partial charge in [-0.3, -0.25) is 4.90 Å².